The number of methoxy groups -OCH3 is 1. The standard InChI is InChI=1S/C17H24N2O4S/c1-23-15-4-2-3-14(11-15)17(20)18-12-13-7-9-19(10-8-13)24(21,22)16-5-6-16/h2-4,11,13,16H,5-10,12H2,1H3,(H,18,20). The molecule has 1 aromatic carbocycles. The van der Waals surface area contributed by atoms with Gasteiger partial charge in [-0.25, -0.2) is 12.7 Å². The highest BCUT2D eigenvalue weighted by molar-refractivity contribution is 7.90. The lowest BCUT2D eigenvalue weighted by Gasteiger charge is -2.31. The minimum absolute atomic E-state index is 0.123. The zero-order valence-corrected chi connectivity index (χ0v) is 14.7. The predicted molar refractivity (Wildman–Crippen MR) is 91.6 cm³/mol. The van der Waals surface area contributed by atoms with Crippen LogP contribution in [0.2, 0.25) is 0 Å². The summed E-state index contributed by atoms with van der Waals surface area (Å²) in [5.41, 5.74) is 0.572. The largest absolute Gasteiger partial charge is 0.497 e. The van der Waals surface area contributed by atoms with Gasteiger partial charge in [0.1, 0.15) is 5.75 Å². The summed E-state index contributed by atoms with van der Waals surface area (Å²) in [6.07, 6.45) is 3.20. The van der Waals surface area contributed by atoms with Crippen molar-refractivity contribution < 1.29 is 17.9 Å². The van der Waals surface area contributed by atoms with Gasteiger partial charge >= 0.3 is 0 Å². The summed E-state index contributed by atoms with van der Waals surface area (Å²) in [4.78, 5) is 12.2. The monoisotopic (exact) mass is 352 g/mol. The number of carbonyl (C=O) groups excluding carboxylic acids is 1. The summed E-state index contributed by atoms with van der Waals surface area (Å²) >= 11 is 0. The molecule has 2 fully saturated rings. The Balaban J connectivity index is 1.47. The van der Waals surface area contributed by atoms with Crippen molar-refractivity contribution in [1.82, 2.24) is 9.62 Å². The van der Waals surface area contributed by atoms with E-state index in [1.54, 1.807) is 35.7 Å². The fourth-order valence-corrected chi connectivity index (χ4v) is 4.92. The molecule has 1 aliphatic heterocycles. The minimum Gasteiger partial charge on any atom is -0.497 e. The van der Waals surface area contributed by atoms with E-state index in [2.05, 4.69) is 5.32 Å². The number of amides is 1. The number of hydrogen-bond donors (Lipinski definition) is 1. The second-order valence-corrected chi connectivity index (χ2v) is 8.74. The van der Waals surface area contributed by atoms with Gasteiger partial charge < -0.3 is 10.1 Å². The number of carbonyl (C=O) groups is 1. The van der Waals surface area contributed by atoms with Crippen LogP contribution in [0.1, 0.15) is 36.0 Å². The fourth-order valence-electron chi connectivity index (χ4n) is 3.05. The topological polar surface area (TPSA) is 75.7 Å². The van der Waals surface area contributed by atoms with Crippen LogP contribution in [0.5, 0.6) is 5.75 Å². The molecule has 0 spiro atoms. The van der Waals surface area contributed by atoms with Crippen LogP contribution in [-0.2, 0) is 10.0 Å². The fraction of sp³-hybridized carbons (Fsp3) is 0.588. The summed E-state index contributed by atoms with van der Waals surface area (Å²) < 4.78 is 31.2. The van der Waals surface area contributed by atoms with E-state index in [1.807, 2.05) is 0 Å². The third-order valence-corrected chi connectivity index (χ3v) is 7.16. The number of nitrogens with zero attached hydrogens (tertiary/aromatic N) is 1. The molecule has 1 N–H and O–H groups in total. The van der Waals surface area contributed by atoms with Gasteiger partial charge in [-0.05, 0) is 49.8 Å². The maximum Gasteiger partial charge on any atom is 0.251 e. The Labute approximate surface area is 143 Å². The number of sulfonamides is 1. The van der Waals surface area contributed by atoms with E-state index in [-0.39, 0.29) is 11.2 Å². The maximum absolute atomic E-state index is 12.2. The van der Waals surface area contributed by atoms with E-state index in [1.165, 1.54) is 0 Å². The first-order chi connectivity index (χ1) is 11.5. The SMILES string of the molecule is COc1cccc(C(=O)NCC2CCN(S(=O)(=O)C3CC3)CC2)c1. The Morgan fingerprint density at radius 1 is 1.25 bits per heavy atom. The van der Waals surface area contributed by atoms with Crippen molar-refractivity contribution in [3.8, 4) is 5.75 Å². The molecule has 6 nitrogen and oxygen atoms in total. The van der Waals surface area contributed by atoms with E-state index >= 15 is 0 Å². The van der Waals surface area contributed by atoms with Crippen LogP contribution in [-0.4, -0.2) is 50.6 Å². The van der Waals surface area contributed by atoms with Crippen molar-refractivity contribution in [2.75, 3.05) is 26.7 Å². The van der Waals surface area contributed by atoms with Gasteiger partial charge in [0.25, 0.3) is 5.91 Å². The molecule has 0 atom stereocenters. The highest BCUT2D eigenvalue weighted by atomic mass is 32.2. The molecule has 7 heteroatoms. The van der Waals surface area contributed by atoms with Crippen LogP contribution in [0.3, 0.4) is 0 Å². The molecule has 2 aliphatic rings. The van der Waals surface area contributed by atoms with Gasteiger partial charge in [0.05, 0.1) is 12.4 Å². The molecule has 1 saturated carbocycles. The summed E-state index contributed by atoms with van der Waals surface area (Å²) in [6, 6.07) is 7.05. The molecule has 1 aliphatic carbocycles. The van der Waals surface area contributed by atoms with Gasteiger partial charge in [-0.3, -0.25) is 4.79 Å². The van der Waals surface area contributed by atoms with Gasteiger partial charge in [-0.2, -0.15) is 0 Å². The summed E-state index contributed by atoms with van der Waals surface area (Å²) in [5.74, 6) is 0.855. The molecular weight excluding hydrogens is 328 g/mol. The van der Waals surface area contributed by atoms with Crippen molar-refractivity contribution in [3.05, 3.63) is 29.8 Å². The molecule has 132 valence electrons. The van der Waals surface area contributed by atoms with E-state index in [9.17, 15) is 13.2 Å². The second-order valence-electron chi connectivity index (χ2n) is 6.53. The first-order valence-electron chi connectivity index (χ1n) is 8.42. The van der Waals surface area contributed by atoms with Gasteiger partial charge in [0.15, 0.2) is 0 Å². The summed E-state index contributed by atoms with van der Waals surface area (Å²) in [6.45, 7) is 1.71. The van der Waals surface area contributed by atoms with Gasteiger partial charge in [0, 0.05) is 25.2 Å². The zero-order chi connectivity index (χ0) is 17.2. The number of nitrogens with one attached hydrogen (secondary N) is 1. The van der Waals surface area contributed by atoms with E-state index in [0.717, 1.165) is 25.7 Å². The van der Waals surface area contributed by atoms with Crippen molar-refractivity contribution in [2.24, 2.45) is 5.92 Å². The average Bonchev–Trinajstić information content (AvgIpc) is 3.45. The Bertz CT molecular complexity index is 692. The Hall–Kier alpha value is -1.60. The molecule has 3 rings (SSSR count). The van der Waals surface area contributed by atoms with Crippen molar-refractivity contribution in [3.63, 3.8) is 0 Å². The first kappa shape index (κ1) is 17.2. The molecule has 0 radical (unpaired) electrons. The van der Waals surface area contributed by atoms with Crippen LogP contribution in [0.15, 0.2) is 24.3 Å². The summed E-state index contributed by atoms with van der Waals surface area (Å²) in [7, 11) is -1.49. The lowest BCUT2D eigenvalue weighted by atomic mass is 9.98. The quantitative estimate of drug-likeness (QED) is 0.844. The van der Waals surface area contributed by atoms with E-state index in [4.69, 9.17) is 4.74 Å². The van der Waals surface area contributed by atoms with Gasteiger partial charge in [0.2, 0.25) is 10.0 Å². The Morgan fingerprint density at radius 3 is 2.58 bits per heavy atom. The normalized spacial score (nSPS) is 19.9. The molecular formula is C17H24N2O4S. The first-order valence-corrected chi connectivity index (χ1v) is 9.92. The highest BCUT2D eigenvalue weighted by Gasteiger charge is 2.41. The zero-order valence-electron chi connectivity index (χ0n) is 13.9. The van der Waals surface area contributed by atoms with Crippen LogP contribution >= 0.6 is 0 Å². The second kappa shape index (κ2) is 7.11. The predicted octanol–water partition coefficient (Wildman–Crippen LogP) is 1.63. The Morgan fingerprint density at radius 2 is 1.96 bits per heavy atom. The number of rotatable bonds is 6. The summed E-state index contributed by atoms with van der Waals surface area (Å²) in [5, 5.41) is 2.81. The molecule has 1 saturated heterocycles. The van der Waals surface area contributed by atoms with Crippen molar-refractivity contribution in [1.29, 1.82) is 0 Å². The number of benzene rings is 1. The lowest BCUT2D eigenvalue weighted by molar-refractivity contribution is 0.0941. The number of ether oxygens (including phenoxy) is 1. The lowest BCUT2D eigenvalue weighted by Crippen LogP contribution is -2.42. The van der Waals surface area contributed by atoms with Crippen LogP contribution in [0.25, 0.3) is 0 Å². The van der Waals surface area contributed by atoms with Crippen molar-refractivity contribution >= 4 is 15.9 Å². The molecule has 1 amide bonds. The molecule has 1 aromatic rings. The van der Waals surface area contributed by atoms with Crippen LogP contribution < -0.4 is 10.1 Å². The van der Waals surface area contributed by atoms with E-state index < -0.39 is 10.0 Å². The molecule has 0 unspecified atom stereocenters. The number of piperidine rings is 1. The Kier molecular flexibility index (Phi) is 5.10. The molecule has 0 aromatic heterocycles. The minimum atomic E-state index is -3.06. The molecule has 0 bridgehead atoms. The third kappa shape index (κ3) is 3.89. The van der Waals surface area contributed by atoms with Crippen LogP contribution in [0, 0.1) is 5.92 Å². The maximum atomic E-state index is 12.2. The van der Waals surface area contributed by atoms with Gasteiger partial charge in [-0.1, -0.05) is 6.07 Å². The molecule has 1 heterocycles. The molecule has 24 heavy (non-hydrogen) atoms. The van der Waals surface area contributed by atoms with E-state index in [0.29, 0.717) is 36.9 Å². The smallest absolute Gasteiger partial charge is 0.251 e. The van der Waals surface area contributed by atoms with Crippen molar-refractivity contribution in [2.45, 2.75) is 30.9 Å². The number of hydrogen-bond acceptors (Lipinski definition) is 4. The average molecular weight is 352 g/mol. The van der Waals surface area contributed by atoms with Gasteiger partial charge in [-0.15, -0.1) is 0 Å². The van der Waals surface area contributed by atoms with Crippen LogP contribution in [0.4, 0.5) is 0 Å². The third-order valence-electron chi connectivity index (χ3n) is 4.76. The highest BCUT2D eigenvalue weighted by Crippen LogP contribution is 2.33.